The molecule has 0 unspecified atom stereocenters. The number of imidazole rings is 1. The molecule has 0 saturated heterocycles. The molecule has 0 bridgehead atoms. The summed E-state index contributed by atoms with van der Waals surface area (Å²) in [4.78, 5) is 17.2. The summed E-state index contributed by atoms with van der Waals surface area (Å²) in [5, 5.41) is 2.97. The Labute approximate surface area is 165 Å². The fourth-order valence-corrected chi connectivity index (χ4v) is 3.24. The van der Waals surface area contributed by atoms with Gasteiger partial charge in [0.2, 0.25) is 0 Å². The number of aromatic nitrogens is 2. The first-order chi connectivity index (χ1) is 13.7. The maximum atomic E-state index is 12.4. The molecule has 1 N–H and O–H groups in total. The zero-order valence-electron chi connectivity index (χ0n) is 16.5. The van der Waals surface area contributed by atoms with Gasteiger partial charge >= 0.3 is 0 Å². The molecule has 148 valence electrons. The molecule has 0 radical (unpaired) electrons. The summed E-state index contributed by atoms with van der Waals surface area (Å²) in [6.45, 7) is 4.71. The third kappa shape index (κ3) is 4.70. The standard InChI is InChI=1S/C22H27N3O3/c1-3-28-16-15-25-19-11-6-5-10-18(19)24-21(25)13-8-14-23-22(26)17-9-4-7-12-20(17)27-2/h4-7,9-12H,3,8,13-16H2,1-2H3,(H,23,26). The van der Waals surface area contributed by atoms with E-state index < -0.39 is 0 Å². The SMILES string of the molecule is CCOCCn1c(CCCNC(=O)c2ccccc2OC)nc2ccccc21. The first-order valence-corrected chi connectivity index (χ1v) is 9.67. The van der Waals surface area contributed by atoms with E-state index in [1.54, 1.807) is 19.2 Å². The van der Waals surface area contributed by atoms with Crippen molar-refractivity contribution in [3.05, 3.63) is 59.9 Å². The summed E-state index contributed by atoms with van der Waals surface area (Å²) in [5.74, 6) is 1.48. The average Bonchev–Trinajstić information content (AvgIpc) is 3.08. The molecule has 0 saturated carbocycles. The summed E-state index contributed by atoms with van der Waals surface area (Å²) >= 11 is 0. The topological polar surface area (TPSA) is 65.4 Å². The number of nitrogens with zero attached hydrogens (tertiary/aromatic N) is 2. The molecule has 28 heavy (non-hydrogen) atoms. The van der Waals surface area contributed by atoms with Crippen molar-refractivity contribution >= 4 is 16.9 Å². The number of benzene rings is 2. The van der Waals surface area contributed by atoms with Gasteiger partial charge in [-0.05, 0) is 37.6 Å². The molecule has 1 aromatic heterocycles. The second-order valence-corrected chi connectivity index (χ2v) is 6.43. The number of methoxy groups -OCH3 is 1. The van der Waals surface area contributed by atoms with Gasteiger partial charge in [-0.2, -0.15) is 0 Å². The molecule has 1 heterocycles. The van der Waals surface area contributed by atoms with Gasteiger partial charge in [0, 0.05) is 26.1 Å². The first kappa shape index (κ1) is 19.9. The summed E-state index contributed by atoms with van der Waals surface area (Å²) in [7, 11) is 1.57. The van der Waals surface area contributed by atoms with Crippen molar-refractivity contribution < 1.29 is 14.3 Å². The Balaban J connectivity index is 1.60. The molecule has 0 aliphatic rings. The number of aryl methyl sites for hydroxylation is 1. The lowest BCUT2D eigenvalue weighted by Gasteiger charge is -2.11. The van der Waals surface area contributed by atoms with Crippen molar-refractivity contribution in [1.82, 2.24) is 14.9 Å². The molecule has 0 atom stereocenters. The van der Waals surface area contributed by atoms with E-state index in [0.717, 1.165) is 36.2 Å². The number of carbonyl (C=O) groups excluding carboxylic acids is 1. The molecule has 3 rings (SSSR count). The number of hydrogen-bond acceptors (Lipinski definition) is 4. The minimum absolute atomic E-state index is 0.123. The normalized spacial score (nSPS) is 10.9. The van der Waals surface area contributed by atoms with Crippen molar-refractivity contribution in [3.8, 4) is 5.75 Å². The number of nitrogens with one attached hydrogen (secondary N) is 1. The number of amides is 1. The van der Waals surface area contributed by atoms with Crippen molar-refractivity contribution in [3.63, 3.8) is 0 Å². The Hall–Kier alpha value is -2.86. The van der Waals surface area contributed by atoms with Gasteiger partial charge in [0.15, 0.2) is 0 Å². The van der Waals surface area contributed by atoms with Gasteiger partial charge in [-0.3, -0.25) is 4.79 Å². The summed E-state index contributed by atoms with van der Waals surface area (Å²) < 4.78 is 13.0. The molecular formula is C22H27N3O3. The van der Waals surface area contributed by atoms with Gasteiger partial charge in [-0.25, -0.2) is 4.98 Å². The monoisotopic (exact) mass is 381 g/mol. The number of para-hydroxylation sites is 3. The van der Waals surface area contributed by atoms with Crippen LogP contribution in [0.4, 0.5) is 0 Å². The van der Waals surface area contributed by atoms with Crippen LogP contribution in [0.2, 0.25) is 0 Å². The lowest BCUT2D eigenvalue weighted by atomic mass is 10.2. The van der Waals surface area contributed by atoms with Gasteiger partial charge < -0.3 is 19.4 Å². The van der Waals surface area contributed by atoms with Crippen LogP contribution in [-0.2, 0) is 17.7 Å². The van der Waals surface area contributed by atoms with E-state index in [4.69, 9.17) is 14.5 Å². The minimum atomic E-state index is -0.123. The van der Waals surface area contributed by atoms with Gasteiger partial charge in [-0.15, -0.1) is 0 Å². The molecule has 6 nitrogen and oxygen atoms in total. The fourth-order valence-electron chi connectivity index (χ4n) is 3.24. The highest BCUT2D eigenvalue weighted by molar-refractivity contribution is 5.96. The van der Waals surface area contributed by atoms with E-state index >= 15 is 0 Å². The third-order valence-corrected chi connectivity index (χ3v) is 4.61. The largest absolute Gasteiger partial charge is 0.496 e. The maximum absolute atomic E-state index is 12.4. The van der Waals surface area contributed by atoms with Crippen LogP contribution in [0.1, 0.15) is 29.5 Å². The van der Waals surface area contributed by atoms with Crippen LogP contribution in [0.5, 0.6) is 5.75 Å². The highest BCUT2D eigenvalue weighted by atomic mass is 16.5. The van der Waals surface area contributed by atoms with Crippen LogP contribution in [-0.4, -0.2) is 42.3 Å². The molecule has 0 aliphatic carbocycles. The maximum Gasteiger partial charge on any atom is 0.255 e. The van der Waals surface area contributed by atoms with E-state index in [0.29, 0.717) is 31.1 Å². The van der Waals surface area contributed by atoms with Crippen LogP contribution >= 0.6 is 0 Å². The van der Waals surface area contributed by atoms with Gasteiger partial charge in [0.05, 0.1) is 30.3 Å². The van der Waals surface area contributed by atoms with Gasteiger partial charge in [0.1, 0.15) is 11.6 Å². The smallest absolute Gasteiger partial charge is 0.255 e. The number of fused-ring (bicyclic) bond motifs is 1. The fraction of sp³-hybridized carbons (Fsp3) is 0.364. The van der Waals surface area contributed by atoms with E-state index in [1.807, 2.05) is 37.3 Å². The second kappa shape index (κ2) is 9.90. The van der Waals surface area contributed by atoms with Crippen molar-refractivity contribution in [1.29, 1.82) is 0 Å². The zero-order chi connectivity index (χ0) is 19.8. The lowest BCUT2D eigenvalue weighted by molar-refractivity contribution is 0.0950. The molecule has 3 aromatic rings. The van der Waals surface area contributed by atoms with Crippen molar-refractivity contribution in [2.24, 2.45) is 0 Å². The van der Waals surface area contributed by atoms with E-state index in [9.17, 15) is 4.79 Å². The summed E-state index contributed by atoms with van der Waals surface area (Å²) in [5.41, 5.74) is 2.66. The number of carbonyl (C=O) groups is 1. The zero-order valence-corrected chi connectivity index (χ0v) is 16.5. The summed E-state index contributed by atoms with van der Waals surface area (Å²) in [6, 6.07) is 15.4. The Morgan fingerprint density at radius 2 is 1.93 bits per heavy atom. The van der Waals surface area contributed by atoms with Crippen molar-refractivity contribution in [2.45, 2.75) is 26.3 Å². The lowest BCUT2D eigenvalue weighted by Crippen LogP contribution is -2.25. The first-order valence-electron chi connectivity index (χ1n) is 9.67. The van der Waals surface area contributed by atoms with Crippen molar-refractivity contribution in [2.75, 3.05) is 26.9 Å². The molecular weight excluding hydrogens is 354 g/mol. The number of rotatable bonds is 10. The van der Waals surface area contributed by atoms with Crippen LogP contribution in [0.3, 0.4) is 0 Å². The second-order valence-electron chi connectivity index (χ2n) is 6.43. The Bertz CT molecular complexity index is 920. The number of ether oxygens (including phenoxy) is 2. The molecule has 0 spiro atoms. The quantitative estimate of drug-likeness (QED) is 0.547. The van der Waals surface area contributed by atoms with E-state index in [-0.39, 0.29) is 5.91 Å². The van der Waals surface area contributed by atoms with Gasteiger partial charge in [0.25, 0.3) is 5.91 Å². The predicted octanol–water partition coefficient (Wildman–Crippen LogP) is 3.44. The molecule has 6 heteroatoms. The van der Waals surface area contributed by atoms with Crippen LogP contribution < -0.4 is 10.1 Å². The third-order valence-electron chi connectivity index (χ3n) is 4.61. The van der Waals surface area contributed by atoms with Crippen LogP contribution in [0.15, 0.2) is 48.5 Å². The summed E-state index contributed by atoms with van der Waals surface area (Å²) in [6.07, 6.45) is 1.59. The molecule has 2 aromatic carbocycles. The average molecular weight is 381 g/mol. The van der Waals surface area contributed by atoms with Gasteiger partial charge in [-0.1, -0.05) is 24.3 Å². The highest BCUT2D eigenvalue weighted by Gasteiger charge is 2.12. The van der Waals surface area contributed by atoms with Crippen LogP contribution in [0.25, 0.3) is 11.0 Å². The Morgan fingerprint density at radius 1 is 1.14 bits per heavy atom. The van der Waals surface area contributed by atoms with E-state index in [1.165, 1.54) is 0 Å². The Morgan fingerprint density at radius 3 is 2.75 bits per heavy atom. The highest BCUT2D eigenvalue weighted by Crippen LogP contribution is 2.18. The van der Waals surface area contributed by atoms with Crippen LogP contribution in [0, 0.1) is 0 Å². The number of hydrogen-bond donors (Lipinski definition) is 1. The molecule has 1 amide bonds. The predicted molar refractivity (Wildman–Crippen MR) is 110 cm³/mol. The molecule has 0 aliphatic heterocycles. The minimum Gasteiger partial charge on any atom is -0.496 e. The molecule has 0 fully saturated rings. The Kier molecular flexibility index (Phi) is 7.03. The van der Waals surface area contributed by atoms with E-state index in [2.05, 4.69) is 16.0 Å².